The quantitative estimate of drug-likeness (QED) is 0.725. The second kappa shape index (κ2) is 4.81. The zero-order valence-corrected chi connectivity index (χ0v) is 9.75. The van der Waals surface area contributed by atoms with Crippen LogP contribution in [-0.2, 0) is 0 Å². The molecule has 3 nitrogen and oxygen atoms in total. The van der Waals surface area contributed by atoms with Gasteiger partial charge in [0.2, 0.25) is 0 Å². The van der Waals surface area contributed by atoms with Crippen molar-refractivity contribution in [3.8, 4) is 0 Å². The van der Waals surface area contributed by atoms with Gasteiger partial charge < -0.3 is 16.4 Å². The number of nitrogens with two attached hydrogens (primary N) is 2. The molecule has 0 aromatic heterocycles. The zero-order chi connectivity index (χ0) is 10.7. The second-order valence-electron chi connectivity index (χ2n) is 5.49. The number of likely N-dealkylation sites (tertiary alicyclic amines) is 1. The molecule has 0 amide bonds. The topological polar surface area (TPSA) is 55.3 Å². The van der Waals surface area contributed by atoms with Crippen molar-refractivity contribution in [2.75, 3.05) is 32.7 Å². The molecule has 1 saturated heterocycles. The minimum Gasteiger partial charge on any atom is -0.330 e. The Bertz CT molecular complexity index is 197. The fourth-order valence-electron chi connectivity index (χ4n) is 3.33. The average molecular weight is 211 g/mol. The van der Waals surface area contributed by atoms with Crippen LogP contribution in [0.4, 0.5) is 0 Å². The number of nitrogens with zero attached hydrogens (tertiary/aromatic N) is 1. The summed E-state index contributed by atoms with van der Waals surface area (Å²) in [5.74, 6) is 0.805. The first-order valence-electron chi connectivity index (χ1n) is 6.40. The summed E-state index contributed by atoms with van der Waals surface area (Å²) in [6.45, 7) is 5.35. The van der Waals surface area contributed by atoms with Gasteiger partial charge in [-0.25, -0.2) is 0 Å². The number of hydrogen-bond acceptors (Lipinski definition) is 3. The van der Waals surface area contributed by atoms with E-state index in [4.69, 9.17) is 11.5 Å². The molecule has 15 heavy (non-hydrogen) atoms. The molecule has 0 bridgehead atoms. The van der Waals surface area contributed by atoms with Crippen molar-refractivity contribution in [3.63, 3.8) is 0 Å². The van der Waals surface area contributed by atoms with E-state index >= 15 is 0 Å². The summed E-state index contributed by atoms with van der Waals surface area (Å²) in [7, 11) is 0. The van der Waals surface area contributed by atoms with E-state index in [0.717, 1.165) is 25.6 Å². The van der Waals surface area contributed by atoms with E-state index in [2.05, 4.69) is 4.90 Å². The van der Waals surface area contributed by atoms with Crippen LogP contribution in [0.5, 0.6) is 0 Å². The van der Waals surface area contributed by atoms with Crippen molar-refractivity contribution >= 4 is 0 Å². The van der Waals surface area contributed by atoms with Crippen molar-refractivity contribution in [2.24, 2.45) is 22.8 Å². The second-order valence-corrected chi connectivity index (χ2v) is 5.49. The lowest BCUT2D eigenvalue weighted by molar-refractivity contribution is 0.154. The van der Waals surface area contributed by atoms with E-state index < -0.39 is 0 Å². The Morgan fingerprint density at radius 1 is 1.13 bits per heavy atom. The van der Waals surface area contributed by atoms with Crippen LogP contribution in [0.2, 0.25) is 0 Å². The van der Waals surface area contributed by atoms with Crippen LogP contribution in [0.15, 0.2) is 0 Å². The van der Waals surface area contributed by atoms with E-state index in [9.17, 15) is 0 Å². The normalized spacial score (nSPS) is 37.6. The third-order valence-electron chi connectivity index (χ3n) is 4.46. The van der Waals surface area contributed by atoms with E-state index in [1.54, 1.807) is 0 Å². The summed E-state index contributed by atoms with van der Waals surface area (Å²) in [5, 5.41) is 0. The van der Waals surface area contributed by atoms with Gasteiger partial charge in [-0.15, -0.1) is 0 Å². The fraction of sp³-hybridized carbons (Fsp3) is 1.00. The number of hydrogen-bond donors (Lipinski definition) is 2. The summed E-state index contributed by atoms with van der Waals surface area (Å²) >= 11 is 0. The lowest BCUT2D eigenvalue weighted by Gasteiger charge is -2.37. The Morgan fingerprint density at radius 3 is 2.47 bits per heavy atom. The van der Waals surface area contributed by atoms with Gasteiger partial charge in [-0.05, 0) is 56.5 Å². The minimum atomic E-state index is 0.640. The Kier molecular flexibility index (Phi) is 3.65. The first-order chi connectivity index (χ1) is 7.28. The van der Waals surface area contributed by atoms with Crippen LogP contribution < -0.4 is 11.5 Å². The van der Waals surface area contributed by atoms with Gasteiger partial charge in [-0.3, -0.25) is 0 Å². The summed E-state index contributed by atoms with van der Waals surface area (Å²) in [6.07, 6.45) is 6.90. The van der Waals surface area contributed by atoms with Gasteiger partial charge in [0.25, 0.3) is 0 Å². The van der Waals surface area contributed by atoms with E-state index in [-0.39, 0.29) is 0 Å². The smallest absolute Gasteiger partial charge is 0.0105 e. The predicted molar refractivity (Wildman–Crippen MR) is 63.6 cm³/mol. The maximum absolute atomic E-state index is 5.74. The molecule has 1 aliphatic heterocycles. The van der Waals surface area contributed by atoms with E-state index in [1.165, 1.54) is 45.2 Å². The standard InChI is InChI=1S/C12H25N3/c13-6-8-15-7-5-12(10-15)3-1-11(9-14)2-4-12/h11H,1-10,13-14H2. The molecular formula is C12H25N3. The van der Waals surface area contributed by atoms with Gasteiger partial charge >= 0.3 is 0 Å². The monoisotopic (exact) mass is 211 g/mol. The zero-order valence-electron chi connectivity index (χ0n) is 9.75. The van der Waals surface area contributed by atoms with Crippen molar-refractivity contribution in [1.29, 1.82) is 0 Å². The first kappa shape index (κ1) is 11.4. The lowest BCUT2D eigenvalue weighted by atomic mass is 9.70. The van der Waals surface area contributed by atoms with Gasteiger partial charge in [0.05, 0.1) is 0 Å². The molecule has 2 rings (SSSR count). The highest BCUT2D eigenvalue weighted by molar-refractivity contribution is 4.93. The summed E-state index contributed by atoms with van der Waals surface area (Å²) in [5.41, 5.74) is 12.0. The molecule has 0 unspecified atom stereocenters. The molecule has 0 aromatic carbocycles. The predicted octanol–water partition coefficient (Wildman–Crippen LogP) is 0.786. The molecule has 1 aliphatic carbocycles. The molecule has 1 heterocycles. The first-order valence-corrected chi connectivity index (χ1v) is 6.40. The molecule has 1 spiro atoms. The maximum Gasteiger partial charge on any atom is 0.0105 e. The van der Waals surface area contributed by atoms with Gasteiger partial charge in [-0.2, -0.15) is 0 Å². The van der Waals surface area contributed by atoms with Crippen molar-refractivity contribution in [3.05, 3.63) is 0 Å². The van der Waals surface area contributed by atoms with Crippen molar-refractivity contribution < 1.29 is 0 Å². The highest BCUT2D eigenvalue weighted by Gasteiger charge is 2.40. The van der Waals surface area contributed by atoms with E-state index in [0.29, 0.717) is 5.41 Å². The minimum absolute atomic E-state index is 0.640. The molecule has 3 heteroatoms. The molecular weight excluding hydrogens is 186 g/mol. The highest BCUT2D eigenvalue weighted by atomic mass is 15.2. The third kappa shape index (κ3) is 2.52. The van der Waals surface area contributed by atoms with Crippen LogP contribution in [0.25, 0.3) is 0 Å². The van der Waals surface area contributed by atoms with Crippen molar-refractivity contribution in [2.45, 2.75) is 32.1 Å². The van der Waals surface area contributed by atoms with Gasteiger partial charge in [0.15, 0.2) is 0 Å². The fourth-order valence-corrected chi connectivity index (χ4v) is 3.33. The summed E-state index contributed by atoms with van der Waals surface area (Å²) in [6, 6.07) is 0. The third-order valence-corrected chi connectivity index (χ3v) is 4.46. The van der Waals surface area contributed by atoms with Crippen LogP contribution in [0, 0.1) is 11.3 Å². The molecule has 2 aliphatic rings. The van der Waals surface area contributed by atoms with Gasteiger partial charge in [-0.1, -0.05) is 0 Å². The maximum atomic E-state index is 5.74. The molecule has 0 atom stereocenters. The Labute approximate surface area is 93.2 Å². The van der Waals surface area contributed by atoms with Crippen LogP contribution in [0.1, 0.15) is 32.1 Å². The molecule has 2 fully saturated rings. The molecule has 4 N–H and O–H groups in total. The number of rotatable bonds is 3. The van der Waals surface area contributed by atoms with Crippen LogP contribution >= 0.6 is 0 Å². The lowest BCUT2D eigenvalue weighted by Crippen LogP contribution is -2.34. The summed E-state index contributed by atoms with van der Waals surface area (Å²) < 4.78 is 0. The van der Waals surface area contributed by atoms with E-state index in [1.807, 2.05) is 0 Å². The van der Waals surface area contributed by atoms with Gasteiger partial charge in [0, 0.05) is 19.6 Å². The SMILES string of the molecule is NCCN1CCC2(CCC(CN)CC2)C1. The Hall–Kier alpha value is -0.120. The molecule has 1 saturated carbocycles. The van der Waals surface area contributed by atoms with Crippen molar-refractivity contribution in [1.82, 2.24) is 4.90 Å². The average Bonchev–Trinajstić information content (AvgIpc) is 2.64. The molecule has 0 radical (unpaired) electrons. The largest absolute Gasteiger partial charge is 0.330 e. The molecule has 88 valence electrons. The van der Waals surface area contributed by atoms with Crippen LogP contribution in [-0.4, -0.2) is 37.6 Å². The Balaban J connectivity index is 1.83. The summed E-state index contributed by atoms with van der Waals surface area (Å²) in [4.78, 5) is 2.54. The Morgan fingerprint density at radius 2 is 1.87 bits per heavy atom. The van der Waals surface area contributed by atoms with Crippen LogP contribution in [0.3, 0.4) is 0 Å². The molecule has 0 aromatic rings. The van der Waals surface area contributed by atoms with Gasteiger partial charge in [0.1, 0.15) is 0 Å². The highest BCUT2D eigenvalue weighted by Crippen LogP contribution is 2.45.